The Kier molecular flexibility index (Phi) is 12.2. The van der Waals surface area contributed by atoms with Crippen molar-refractivity contribution in [3.63, 3.8) is 0 Å². The predicted molar refractivity (Wildman–Crippen MR) is 216 cm³/mol. The maximum Gasteiger partial charge on any atom is 0.327 e. The van der Waals surface area contributed by atoms with E-state index in [0.717, 1.165) is 51.5 Å². The summed E-state index contributed by atoms with van der Waals surface area (Å²) in [6.45, 7) is 11.6. The number of rotatable bonds is 14. The second kappa shape index (κ2) is 17.2. The van der Waals surface area contributed by atoms with Gasteiger partial charge in [0.1, 0.15) is 5.82 Å². The molecule has 0 atom stereocenters. The smallest absolute Gasteiger partial charge is 0.327 e. The summed E-state index contributed by atoms with van der Waals surface area (Å²) in [6.07, 6.45) is 10.5. The molecule has 0 radical (unpaired) electrons. The molecule has 6 aromatic rings. The number of pyridine rings is 2. The minimum absolute atomic E-state index is 0.175. The number of hydrogen-bond acceptors (Lipinski definition) is 13. The van der Waals surface area contributed by atoms with Crippen LogP contribution in [0.2, 0.25) is 0 Å². The number of nitrogens with one attached hydrogen (secondary N) is 5. The van der Waals surface area contributed by atoms with Crippen molar-refractivity contribution in [2.45, 2.75) is 84.5 Å². The first-order valence-corrected chi connectivity index (χ1v) is 19.5. The summed E-state index contributed by atoms with van der Waals surface area (Å²) in [6, 6.07) is 10.3. The summed E-state index contributed by atoms with van der Waals surface area (Å²) in [5, 5.41) is 22.7. The molecule has 16 nitrogen and oxygen atoms in total. The zero-order valence-electron chi connectivity index (χ0n) is 31.9. The number of anilines is 5. The van der Waals surface area contributed by atoms with Gasteiger partial charge in [0.15, 0.2) is 10.3 Å². The molecule has 56 heavy (non-hydrogen) atoms. The molecule has 6 heterocycles. The van der Waals surface area contributed by atoms with Crippen LogP contribution in [0, 0.1) is 0 Å². The van der Waals surface area contributed by atoms with Crippen LogP contribution in [0.25, 0.3) is 0 Å². The van der Waals surface area contributed by atoms with Gasteiger partial charge in [-0.05, 0) is 61.1 Å². The van der Waals surface area contributed by atoms with Crippen LogP contribution in [0.4, 0.5) is 37.4 Å². The van der Waals surface area contributed by atoms with Crippen molar-refractivity contribution in [2.75, 3.05) is 26.6 Å². The molecule has 0 aliphatic carbocycles. The van der Waals surface area contributed by atoms with Crippen molar-refractivity contribution in [2.24, 2.45) is 0 Å². The third-order valence-electron chi connectivity index (χ3n) is 8.46. The third-order valence-corrected chi connectivity index (χ3v) is 10.4. The van der Waals surface area contributed by atoms with Gasteiger partial charge in [0.05, 0.1) is 11.4 Å². The Morgan fingerprint density at radius 2 is 1.18 bits per heavy atom. The molecule has 292 valence electrons. The van der Waals surface area contributed by atoms with Crippen LogP contribution in [0.15, 0.2) is 70.2 Å². The zero-order valence-corrected chi connectivity index (χ0v) is 33.5. The Balaban J connectivity index is 0.952. The van der Waals surface area contributed by atoms with Crippen LogP contribution >= 0.6 is 22.7 Å². The Bertz CT molecular complexity index is 2300. The van der Waals surface area contributed by atoms with Crippen molar-refractivity contribution in [3.05, 3.63) is 99.1 Å². The quantitative estimate of drug-likeness (QED) is 0.0712. The summed E-state index contributed by atoms with van der Waals surface area (Å²) >= 11 is 2.79. The second-order valence-corrected chi connectivity index (χ2v) is 17.0. The van der Waals surface area contributed by atoms with E-state index in [1.807, 2.05) is 52.8 Å². The van der Waals surface area contributed by atoms with Gasteiger partial charge in [0.2, 0.25) is 17.7 Å². The average molecular weight is 798 g/mol. The van der Waals surface area contributed by atoms with Crippen molar-refractivity contribution in [1.82, 2.24) is 30.2 Å². The molecule has 5 N–H and O–H groups in total. The van der Waals surface area contributed by atoms with E-state index in [0.29, 0.717) is 34.6 Å². The predicted octanol–water partition coefficient (Wildman–Crippen LogP) is 8.00. The molecule has 0 aliphatic rings. The summed E-state index contributed by atoms with van der Waals surface area (Å²) < 4.78 is 10.7. The van der Waals surface area contributed by atoms with Gasteiger partial charge in [-0.2, -0.15) is 0 Å². The highest BCUT2D eigenvalue weighted by molar-refractivity contribution is 7.16. The van der Waals surface area contributed by atoms with Gasteiger partial charge in [-0.15, -0.1) is 22.7 Å². The van der Waals surface area contributed by atoms with Crippen LogP contribution in [-0.4, -0.2) is 48.2 Å². The van der Waals surface area contributed by atoms with E-state index >= 15 is 0 Å². The number of amides is 5. The number of urea groups is 2. The third kappa shape index (κ3) is 11.3. The molecule has 5 amide bonds. The molecular weight excluding hydrogens is 755 g/mol. The number of nitrogens with zero attached hydrogens (tertiary/aromatic N) is 6. The van der Waals surface area contributed by atoms with Gasteiger partial charge >= 0.3 is 12.1 Å². The molecule has 0 unspecified atom stereocenters. The average Bonchev–Trinajstić information content (AvgIpc) is 3.95. The Hall–Kier alpha value is -6.01. The fraction of sp³-hybridized carbons (Fsp3) is 0.342. The van der Waals surface area contributed by atoms with E-state index in [1.165, 1.54) is 29.6 Å². The summed E-state index contributed by atoms with van der Waals surface area (Å²) in [5.41, 5.74) is 3.80. The number of carbonyl (C=O) groups is 3. The highest BCUT2D eigenvalue weighted by Crippen LogP contribution is 2.30. The van der Waals surface area contributed by atoms with Crippen LogP contribution in [-0.2, 0) is 47.7 Å². The first-order valence-electron chi connectivity index (χ1n) is 17.8. The topological polar surface area (TPSA) is 215 Å². The van der Waals surface area contributed by atoms with Crippen LogP contribution in [0.5, 0.6) is 0 Å². The number of aryl methyl sites for hydroxylation is 4. The SMILES string of the molecule is CC(=O)Nc1cc(CCc2cnc(NC(=O)Nc3cc(C(C)(C)Cc4cc(CCc5cnc(NC(=O)Nc6cc(C(C)(C)C)no6)s5)ccn4)no3)s2)ccn1. The lowest BCUT2D eigenvalue weighted by Crippen LogP contribution is -2.22. The molecular formula is C38H43N11O5S2. The molecule has 6 aromatic heterocycles. The number of hydrogen-bond donors (Lipinski definition) is 5. The van der Waals surface area contributed by atoms with Gasteiger partial charge in [0, 0.05) is 76.5 Å². The van der Waals surface area contributed by atoms with Gasteiger partial charge in [-0.3, -0.25) is 31.0 Å². The fourth-order valence-electron chi connectivity index (χ4n) is 5.52. The van der Waals surface area contributed by atoms with E-state index in [1.54, 1.807) is 36.9 Å². The highest BCUT2D eigenvalue weighted by Gasteiger charge is 2.27. The number of thiazole rings is 2. The maximum atomic E-state index is 12.8. The Morgan fingerprint density at radius 3 is 1.73 bits per heavy atom. The Morgan fingerprint density at radius 1 is 0.643 bits per heavy atom. The van der Waals surface area contributed by atoms with E-state index in [-0.39, 0.29) is 23.1 Å². The number of carbonyl (C=O) groups excluding carboxylic acids is 3. The van der Waals surface area contributed by atoms with Crippen LogP contribution in [0.3, 0.4) is 0 Å². The molecule has 0 aliphatic heterocycles. The van der Waals surface area contributed by atoms with Crippen molar-refractivity contribution in [3.8, 4) is 0 Å². The summed E-state index contributed by atoms with van der Waals surface area (Å²) in [5.74, 6) is 0.810. The highest BCUT2D eigenvalue weighted by atomic mass is 32.1. The molecule has 18 heteroatoms. The molecule has 0 saturated heterocycles. The maximum absolute atomic E-state index is 12.8. The van der Waals surface area contributed by atoms with E-state index in [2.05, 4.69) is 62.9 Å². The van der Waals surface area contributed by atoms with Gasteiger partial charge in [-0.1, -0.05) is 44.9 Å². The van der Waals surface area contributed by atoms with E-state index in [9.17, 15) is 14.4 Å². The largest absolute Gasteiger partial charge is 0.338 e. The first-order chi connectivity index (χ1) is 26.7. The summed E-state index contributed by atoms with van der Waals surface area (Å²) in [7, 11) is 0. The van der Waals surface area contributed by atoms with E-state index in [4.69, 9.17) is 9.05 Å². The lowest BCUT2D eigenvalue weighted by Gasteiger charge is -2.21. The van der Waals surface area contributed by atoms with Gasteiger partial charge < -0.3 is 14.4 Å². The molecule has 0 spiro atoms. The monoisotopic (exact) mass is 797 g/mol. The molecule has 6 rings (SSSR count). The Labute approximate surface area is 331 Å². The molecule has 0 bridgehead atoms. The van der Waals surface area contributed by atoms with Crippen LogP contribution in [0.1, 0.15) is 79.5 Å². The molecule has 0 fully saturated rings. The standard InChI is InChI=1S/C38H43N11O5S2/c1-22(50)43-30-16-24(12-14-40-30)8-10-27-21-42-36(56-27)47-34(52)45-32-18-29(49-54-32)38(5,6)19-25-15-23(11-13-39-25)7-9-26-20-41-35(55-26)46-33(51)44-31-17-28(48-53-31)37(2,3)4/h11-18,20-21H,7-10,19H2,1-6H3,(H,40,43,50)(H2,41,44,46,51)(H2,42,45,47,52). The second-order valence-electron chi connectivity index (χ2n) is 14.8. The van der Waals surface area contributed by atoms with E-state index < -0.39 is 17.5 Å². The minimum Gasteiger partial charge on any atom is -0.338 e. The minimum atomic E-state index is -0.497. The first kappa shape index (κ1) is 39.7. The summed E-state index contributed by atoms with van der Waals surface area (Å²) in [4.78, 5) is 56.0. The van der Waals surface area contributed by atoms with Crippen molar-refractivity contribution < 1.29 is 23.4 Å². The van der Waals surface area contributed by atoms with Gasteiger partial charge in [-0.25, -0.2) is 24.5 Å². The fourth-order valence-corrected chi connectivity index (χ4v) is 7.13. The molecule has 0 aromatic carbocycles. The molecule has 0 saturated carbocycles. The normalized spacial score (nSPS) is 11.6. The van der Waals surface area contributed by atoms with Crippen LogP contribution < -0.4 is 26.6 Å². The lowest BCUT2D eigenvalue weighted by molar-refractivity contribution is -0.114. The zero-order chi connectivity index (χ0) is 39.9. The number of aromatic nitrogens is 6. The van der Waals surface area contributed by atoms with Crippen molar-refractivity contribution >= 4 is 68.5 Å². The van der Waals surface area contributed by atoms with Crippen molar-refractivity contribution in [1.29, 1.82) is 0 Å². The van der Waals surface area contributed by atoms with Gasteiger partial charge in [0.25, 0.3) is 0 Å². The lowest BCUT2D eigenvalue weighted by atomic mass is 9.84.